The third kappa shape index (κ3) is 3.50. The van der Waals surface area contributed by atoms with Gasteiger partial charge < -0.3 is 14.2 Å². The fourth-order valence-corrected chi connectivity index (χ4v) is 3.48. The van der Waals surface area contributed by atoms with E-state index in [0.29, 0.717) is 23.9 Å². The van der Waals surface area contributed by atoms with Gasteiger partial charge in [0.25, 0.3) is 0 Å². The third-order valence-electron chi connectivity index (χ3n) is 5.00. The summed E-state index contributed by atoms with van der Waals surface area (Å²) >= 11 is 0. The Bertz CT molecular complexity index is 1120. The van der Waals surface area contributed by atoms with Crippen molar-refractivity contribution in [1.82, 2.24) is 30.4 Å². The highest BCUT2D eigenvalue weighted by atomic mass is 16.6. The Labute approximate surface area is 172 Å². The topological polar surface area (TPSA) is 100.0 Å². The number of H-pyrrole nitrogens is 1. The molecular weight excluding hydrogens is 384 g/mol. The van der Waals surface area contributed by atoms with Gasteiger partial charge in [0.2, 0.25) is 5.82 Å². The monoisotopic (exact) mass is 404 g/mol. The Morgan fingerprint density at radius 1 is 1.07 bits per heavy atom. The Balaban J connectivity index is 1.46. The molecule has 0 saturated carbocycles. The first-order chi connectivity index (χ1) is 14.8. The van der Waals surface area contributed by atoms with Gasteiger partial charge in [-0.25, -0.2) is 4.68 Å². The molecule has 4 aromatic rings. The summed E-state index contributed by atoms with van der Waals surface area (Å²) in [7, 11) is 1.64. The van der Waals surface area contributed by atoms with Gasteiger partial charge in [-0.3, -0.25) is 0 Å². The molecule has 1 unspecified atom stereocenters. The summed E-state index contributed by atoms with van der Waals surface area (Å²) in [5, 5.41) is 18.6. The number of nitrogens with one attached hydrogen (secondary N) is 1. The van der Waals surface area contributed by atoms with Gasteiger partial charge in [0, 0.05) is 17.5 Å². The Kier molecular flexibility index (Phi) is 4.86. The normalized spacial score (nSPS) is 16.0. The molecule has 0 bridgehead atoms. The molecule has 3 heterocycles. The molecule has 1 aliphatic rings. The maximum atomic E-state index is 6.14. The van der Waals surface area contributed by atoms with Crippen LogP contribution in [0.3, 0.4) is 0 Å². The van der Waals surface area contributed by atoms with Crippen molar-refractivity contribution >= 4 is 0 Å². The van der Waals surface area contributed by atoms with Crippen LogP contribution in [0, 0.1) is 0 Å². The molecule has 9 heteroatoms. The van der Waals surface area contributed by atoms with Crippen molar-refractivity contribution in [3.63, 3.8) is 0 Å². The lowest BCUT2D eigenvalue weighted by atomic mass is 10.1. The van der Waals surface area contributed by atoms with E-state index in [1.54, 1.807) is 13.3 Å². The second kappa shape index (κ2) is 7.96. The van der Waals surface area contributed by atoms with Crippen LogP contribution < -0.4 is 9.47 Å². The van der Waals surface area contributed by atoms with Crippen molar-refractivity contribution in [2.24, 2.45) is 0 Å². The van der Waals surface area contributed by atoms with E-state index in [2.05, 4.69) is 25.7 Å². The summed E-state index contributed by atoms with van der Waals surface area (Å²) in [6.45, 7) is 1.32. The Morgan fingerprint density at radius 2 is 1.93 bits per heavy atom. The Morgan fingerprint density at radius 3 is 2.67 bits per heavy atom. The Hall–Kier alpha value is -3.72. The van der Waals surface area contributed by atoms with Crippen LogP contribution in [0.1, 0.15) is 6.42 Å². The van der Waals surface area contributed by atoms with Crippen LogP contribution in [0.2, 0.25) is 0 Å². The van der Waals surface area contributed by atoms with Gasteiger partial charge in [0.1, 0.15) is 6.10 Å². The van der Waals surface area contributed by atoms with Gasteiger partial charge in [-0.15, -0.1) is 10.2 Å². The lowest BCUT2D eigenvalue weighted by molar-refractivity contribution is 0.138. The number of methoxy groups -OCH3 is 1. The van der Waals surface area contributed by atoms with Crippen LogP contribution in [-0.2, 0) is 4.74 Å². The zero-order valence-corrected chi connectivity index (χ0v) is 16.4. The molecule has 30 heavy (non-hydrogen) atoms. The first-order valence-electron chi connectivity index (χ1n) is 9.63. The average molecular weight is 404 g/mol. The van der Waals surface area contributed by atoms with E-state index in [0.717, 1.165) is 35.5 Å². The van der Waals surface area contributed by atoms with Gasteiger partial charge in [-0.05, 0) is 53.7 Å². The molecule has 0 spiro atoms. The van der Waals surface area contributed by atoms with Crippen molar-refractivity contribution in [2.45, 2.75) is 12.5 Å². The van der Waals surface area contributed by atoms with Gasteiger partial charge in [-0.2, -0.15) is 10.3 Å². The highest BCUT2D eigenvalue weighted by Crippen LogP contribution is 2.34. The van der Waals surface area contributed by atoms with E-state index in [1.807, 2.05) is 53.2 Å². The molecule has 1 N–H and O–H groups in total. The predicted molar refractivity (Wildman–Crippen MR) is 109 cm³/mol. The van der Waals surface area contributed by atoms with E-state index >= 15 is 0 Å². The van der Waals surface area contributed by atoms with Crippen molar-refractivity contribution < 1.29 is 14.2 Å². The van der Waals surface area contributed by atoms with E-state index < -0.39 is 0 Å². The van der Waals surface area contributed by atoms with Crippen molar-refractivity contribution in [2.75, 3.05) is 20.3 Å². The van der Waals surface area contributed by atoms with Crippen molar-refractivity contribution in [3.05, 3.63) is 54.7 Å². The number of ether oxygens (including phenoxy) is 3. The second-order valence-corrected chi connectivity index (χ2v) is 6.88. The summed E-state index contributed by atoms with van der Waals surface area (Å²) in [4.78, 5) is 0. The van der Waals surface area contributed by atoms with Crippen molar-refractivity contribution in [1.29, 1.82) is 0 Å². The summed E-state index contributed by atoms with van der Waals surface area (Å²) in [5.41, 5.74) is 3.71. The lowest BCUT2D eigenvalue weighted by Gasteiger charge is -2.16. The molecule has 1 saturated heterocycles. The fourth-order valence-electron chi connectivity index (χ4n) is 3.48. The highest BCUT2D eigenvalue weighted by molar-refractivity contribution is 5.66. The number of tetrazole rings is 1. The van der Waals surface area contributed by atoms with Crippen LogP contribution in [0.25, 0.3) is 28.3 Å². The van der Waals surface area contributed by atoms with Gasteiger partial charge in [0.15, 0.2) is 11.5 Å². The SMILES string of the molecule is COc1ccc(-c2ccnn2-c2ccc(-c3nn[nH]n3)cc2)cc1OC1CCOC1. The largest absolute Gasteiger partial charge is 0.493 e. The fraction of sp³-hybridized carbons (Fsp3) is 0.238. The molecule has 0 aliphatic carbocycles. The predicted octanol–water partition coefficient (Wildman–Crippen LogP) is 2.90. The van der Waals surface area contributed by atoms with Crippen molar-refractivity contribution in [3.8, 4) is 39.8 Å². The minimum Gasteiger partial charge on any atom is -0.493 e. The molecule has 2 aromatic carbocycles. The summed E-state index contributed by atoms with van der Waals surface area (Å²) in [6.07, 6.45) is 2.69. The maximum Gasteiger partial charge on any atom is 0.204 e. The van der Waals surface area contributed by atoms with Crippen LogP contribution >= 0.6 is 0 Å². The average Bonchev–Trinajstić information content (AvgIpc) is 3.56. The zero-order valence-electron chi connectivity index (χ0n) is 16.4. The summed E-state index contributed by atoms with van der Waals surface area (Å²) < 4.78 is 18.9. The number of aromatic amines is 1. The summed E-state index contributed by atoms with van der Waals surface area (Å²) in [5.74, 6) is 1.95. The standard InChI is InChI=1S/C21H20N6O3/c1-28-19-7-4-15(12-20(19)30-17-9-11-29-13-17)18-8-10-22-27(18)16-5-2-14(3-6-16)21-23-25-26-24-21/h2-8,10,12,17H,9,11,13H2,1H3,(H,23,24,25,26). The smallest absolute Gasteiger partial charge is 0.204 e. The van der Waals surface area contributed by atoms with Gasteiger partial charge >= 0.3 is 0 Å². The molecule has 152 valence electrons. The van der Waals surface area contributed by atoms with Gasteiger partial charge in [0.05, 0.1) is 37.9 Å². The van der Waals surface area contributed by atoms with Crippen LogP contribution in [0.15, 0.2) is 54.7 Å². The highest BCUT2D eigenvalue weighted by Gasteiger charge is 2.20. The third-order valence-corrected chi connectivity index (χ3v) is 5.00. The lowest BCUT2D eigenvalue weighted by Crippen LogP contribution is -2.16. The van der Waals surface area contributed by atoms with E-state index in [1.165, 1.54) is 0 Å². The van der Waals surface area contributed by atoms with Crippen LogP contribution in [0.4, 0.5) is 0 Å². The molecule has 1 fully saturated rings. The second-order valence-electron chi connectivity index (χ2n) is 6.88. The molecular formula is C21H20N6O3. The number of benzene rings is 2. The number of hydrogen-bond acceptors (Lipinski definition) is 7. The first kappa shape index (κ1) is 18.3. The molecule has 0 radical (unpaired) electrons. The van der Waals surface area contributed by atoms with Crippen LogP contribution in [0.5, 0.6) is 11.5 Å². The first-order valence-corrected chi connectivity index (χ1v) is 9.63. The van der Waals surface area contributed by atoms with E-state index in [9.17, 15) is 0 Å². The summed E-state index contributed by atoms with van der Waals surface area (Å²) in [6, 6.07) is 15.7. The molecule has 0 amide bonds. The quantitative estimate of drug-likeness (QED) is 0.527. The number of nitrogens with zero attached hydrogens (tertiary/aromatic N) is 5. The molecule has 9 nitrogen and oxygen atoms in total. The van der Waals surface area contributed by atoms with E-state index in [-0.39, 0.29) is 6.10 Å². The molecule has 1 aliphatic heterocycles. The molecule has 1 atom stereocenters. The minimum atomic E-state index is 0.0387. The molecule has 2 aromatic heterocycles. The number of rotatable bonds is 6. The molecule has 5 rings (SSSR count). The van der Waals surface area contributed by atoms with Gasteiger partial charge in [-0.1, -0.05) is 0 Å². The van der Waals surface area contributed by atoms with E-state index in [4.69, 9.17) is 14.2 Å². The number of aromatic nitrogens is 6. The number of hydrogen-bond donors (Lipinski definition) is 1. The zero-order chi connectivity index (χ0) is 20.3. The van der Waals surface area contributed by atoms with Crippen LogP contribution in [-0.4, -0.2) is 56.8 Å². The minimum absolute atomic E-state index is 0.0387. The maximum absolute atomic E-state index is 6.14.